The summed E-state index contributed by atoms with van der Waals surface area (Å²) in [5.41, 5.74) is 1.07. The van der Waals surface area contributed by atoms with Crippen LogP contribution in [0.4, 0.5) is 5.82 Å². The molecular weight excluding hydrogens is 404 g/mol. The Morgan fingerprint density at radius 1 is 1.37 bits per heavy atom. The molecule has 2 N–H and O–H groups in total. The van der Waals surface area contributed by atoms with Crippen LogP contribution in [0.3, 0.4) is 0 Å². The number of nitrogens with one attached hydrogen (secondary N) is 1. The summed E-state index contributed by atoms with van der Waals surface area (Å²) in [6.45, 7) is 3.42. The monoisotopic (exact) mass is 422 g/mol. The maximum absolute atomic E-state index is 12.8. The van der Waals surface area contributed by atoms with E-state index >= 15 is 0 Å². The first-order valence-corrected chi connectivity index (χ1v) is 10.3. The molecule has 1 unspecified atom stereocenters. The lowest BCUT2D eigenvalue weighted by atomic mass is 9.92. The van der Waals surface area contributed by atoms with Crippen molar-refractivity contribution in [1.82, 2.24) is 19.3 Å². The summed E-state index contributed by atoms with van der Waals surface area (Å²) in [7, 11) is 0. The predicted molar refractivity (Wildman–Crippen MR) is 115 cm³/mol. The van der Waals surface area contributed by atoms with Crippen LogP contribution in [0.15, 0.2) is 46.6 Å². The third-order valence-electron chi connectivity index (χ3n) is 5.43. The highest BCUT2D eigenvalue weighted by atomic mass is 32.2. The molecule has 9 nitrogen and oxygen atoms in total. The van der Waals surface area contributed by atoms with Crippen molar-refractivity contribution < 1.29 is 9.90 Å². The molecule has 1 fully saturated rings. The normalized spacial score (nSPS) is 18.4. The molecule has 2 aliphatic heterocycles. The number of carboxylic acid groups (broad SMARTS) is 1. The maximum Gasteiger partial charge on any atom is 0.341 e. The number of carboxylic acids is 1. The highest BCUT2D eigenvalue weighted by molar-refractivity contribution is 7.98. The molecule has 0 saturated carbocycles. The number of aromatic nitrogens is 3. The summed E-state index contributed by atoms with van der Waals surface area (Å²) in [6, 6.07) is 5.85. The SMILES string of the molecule is Cc1cc(N2CC(c3cccnc3)C2)nc2c1c(=O)c(C(=O)O)cn2C1N=CNS1. The van der Waals surface area contributed by atoms with Crippen LogP contribution in [0.25, 0.3) is 11.0 Å². The summed E-state index contributed by atoms with van der Waals surface area (Å²) >= 11 is 1.31. The Labute approximate surface area is 175 Å². The molecule has 3 aromatic heterocycles. The van der Waals surface area contributed by atoms with Crippen molar-refractivity contribution in [3.05, 3.63) is 63.7 Å². The molecule has 3 aromatic rings. The molecule has 10 heteroatoms. The summed E-state index contributed by atoms with van der Waals surface area (Å²) in [6.07, 6.45) is 6.52. The fourth-order valence-electron chi connectivity index (χ4n) is 3.82. The van der Waals surface area contributed by atoms with Crippen LogP contribution in [0.2, 0.25) is 0 Å². The molecule has 0 bridgehead atoms. The number of aryl methyl sites for hydroxylation is 1. The van der Waals surface area contributed by atoms with E-state index in [9.17, 15) is 14.7 Å². The van der Waals surface area contributed by atoms with Gasteiger partial charge in [-0.05, 0) is 42.1 Å². The Hall–Kier alpha value is -3.40. The first kappa shape index (κ1) is 18.6. The lowest BCUT2D eigenvalue weighted by molar-refractivity contribution is 0.0695. The van der Waals surface area contributed by atoms with E-state index in [0.717, 1.165) is 18.9 Å². The molecule has 0 radical (unpaired) electrons. The number of carbonyl (C=O) groups is 1. The van der Waals surface area contributed by atoms with E-state index in [1.54, 1.807) is 17.1 Å². The van der Waals surface area contributed by atoms with E-state index in [4.69, 9.17) is 4.98 Å². The van der Waals surface area contributed by atoms with Crippen molar-refractivity contribution >= 4 is 41.1 Å². The second kappa shape index (κ2) is 7.13. The van der Waals surface area contributed by atoms with Gasteiger partial charge in [-0.15, -0.1) is 0 Å². The number of aliphatic imine (C=N–C) groups is 1. The van der Waals surface area contributed by atoms with E-state index in [1.165, 1.54) is 23.7 Å². The third-order valence-corrected chi connectivity index (χ3v) is 6.23. The van der Waals surface area contributed by atoms with Gasteiger partial charge in [0.2, 0.25) is 5.43 Å². The van der Waals surface area contributed by atoms with Gasteiger partial charge in [-0.2, -0.15) is 0 Å². The average molecular weight is 422 g/mol. The standard InChI is InChI=1S/C20H18N6O3S/c1-11-5-15(25-7-13(8-25)12-3-2-4-21-6-12)24-18-16(11)17(27)14(19(28)29)9-26(18)20-22-10-23-30-20/h2-6,9-10,13,20H,7-8H2,1H3,(H,22,23)(H,28,29). The molecule has 2 aliphatic rings. The van der Waals surface area contributed by atoms with E-state index in [1.807, 2.05) is 25.3 Å². The molecule has 0 amide bonds. The van der Waals surface area contributed by atoms with Crippen LogP contribution >= 0.6 is 11.9 Å². The van der Waals surface area contributed by atoms with Gasteiger partial charge >= 0.3 is 5.97 Å². The van der Waals surface area contributed by atoms with Gasteiger partial charge < -0.3 is 14.7 Å². The van der Waals surface area contributed by atoms with Gasteiger partial charge in [0, 0.05) is 37.6 Å². The number of hydrogen-bond acceptors (Lipinski definition) is 8. The van der Waals surface area contributed by atoms with Crippen molar-refractivity contribution in [2.24, 2.45) is 4.99 Å². The topological polar surface area (TPSA) is 113 Å². The molecule has 0 spiro atoms. The Balaban J connectivity index is 1.58. The molecule has 1 saturated heterocycles. The van der Waals surface area contributed by atoms with Gasteiger partial charge in [-0.1, -0.05) is 6.07 Å². The highest BCUT2D eigenvalue weighted by Crippen LogP contribution is 2.33. The second-order valence-corrected chi connectivity index (χ2v) is 8.20. The van der Waals surface area contributed by atoms with Crippen molar-refractivity contribution in [2.75, 3.05) is 18.0 Å². The largest absolute Gasteiger partial charge is 0.477 e. The minimum Gasteiger partial charge on any atom is -0.477 e. The minimum atomic E-state index is -1.26. The number of hydrogen-bond donors (Lipinski definition) is 2. The molecular formula is C20H18N6O3S. The van der Waals surface area contributed by atoms with Gasteiger partial charge in [0.15, 0.2) is 5.50 Å². The van der Waals surface area contributed by atoms with Crippen LogP contribution in [-0.4, -0.2) is 45.0 Å². The Kier molecular flexibility index (Phi) is 4.43. The van der Waals surface area contributed by atoms with E-state index in [0.29, 0.717) is 22.5 Å². The first-order valence-electron chi connectivity index (χ1n) is 9.40. The Morgan fingerprint density at radius 2 is 2.20 bits per heavy atom. The van der Waals surface area contributed by atoms with E-state index < -0.39 is 16.9 Å². The van der Waals surface area contributed by atoms with Crippen LogP contribution in [0.5, 0.6) is 0 Å². The van der Waals surface area contributed by atoms with Gasteiger partial charge in [-0.3, -0.25) is 14.3 Å². The molecule has 0 aromatic carbocycles. The Morgan fingerprint density at radius 3 is 2.87 bits per heavy atom. The number of aromatic carboxylic acids is 1. The van der Waals surface area contributed by atoms with Crippen LogP contribution < -0.4 is 15.1 Å². The average Bonchev–Trinajstić information content (AvgIpc) is 3.22. The smallest absolute Gasteiger partial charge is 0.341 e. The predicted octanol–water partition coefficient (Wildman–Crippen LogP) is 2.14. The van der Waals surface area contributed by atoms with Crippen molar-refractivity contribution in [1.29, 1.82) is 0 Å². The number of fused-ring (bicyclic) bond motifs is 1. The third kappa shape index (κ3) is 3.00. The summed E-state index contributed by atoms with van der Waals surface area (Å²) < 4.78 is 4.58. The molecule has 152 valence electrons. The molecule has 30 heavy (non-hydrogen) atoms. The lowest BCUT2D eigenvalue weighted by Crippen LogP contribution is -2.45. The first-order chi connectivity index (χ1) is 14.5. The van der Waals surface area contributed by atoms with Gasteiger partial charge in [-0.25, -0.2) is 14.8 Å². The van der Waals surface area contributed by atoms with Crippen LogP contribution in [0.1, 0.15) is 32.9 Å². The zero-order valence-electron chi connectivity index (χ0n) is 16.0. The van der Waals surface area contributed by atoms with Crippen molar-refractivity contribution in [3.8, 4) is 0 Å². The molecule has 0 aliphatic carbocycles. The fraction of sp³-hybridized carbons (Fsp3) is 0.250. The van der Waals surface area contributed by atoms with Crippen LogP contribution in [0, 0.1) is 6.92 Å². The van der Waals surface area contributed by atoms with Crippen molar-refractivity contribution in [2.45, 2.75) is 18.3 Å². The lowest BCUT2D eigenvalue weighted by Gasteiger charge is -2.40. The van der Waals surface area contributed by atoms with Gasteiger partial charge in [0.25, 0.3) is 0 Å². The number of pyridine rings is 3. The van der Waals surface area contributed by atoms with Gasteiger partial charge in [0.1, 0.15) is 17.0 Å². The van der Waals surface area contributed by atoms with E-state index in [-0.39, 0.29) is 5.56 Å². The van der Waals surface area contributed by atoms with Gasteiger partial charge in [0.05, 0.1) is 11.7 Å². The fourth-order valence-corrected chi connectivity index (χ4v) is 4.46. The minimum absolute atomic E-state index is 0.288. The number of nitrogens with zero attached hydrogens (tertiary/aromatic N) is 5. The summed E-state index contributed by atoms with van der Waals surface area (Å²) in [5.74, 6) is -0.121. The van der Waals surface area contributed by atoms with E-state index in [2.05, 4.69) is 25.7 Å². The quantitative estimate of drug-likeness (QED) is 0.615. The summed E-state index contributed by atoms with van der Waals surface area (Å²) in [4.78, 5) is 39.9. The highest BCUT2D eigenvalue weighted by Gasteiger charge is 2.31. The zero-order valence-corrected chi connectivity index (χ0v) is 16.8. The molecule has 5 heterocycles. The second-order valence-electron chi connectivity index (χ2n) is 7.31. The summed E-state index contributed by atoms with van der Waals surface area (Å²) in [5, 5.41) is 9.81. The number of anilines is 1. The molecule has 1 atom stereocenters. The van der Waals surface area contributed by atoms with Crippen molar-refractivity contribution in [3.63, 3.8) is 0 Å². The zero-order chi connectivity index (χ0) is 20.8. The maximum atomic E-state index is 12.8. The molecule has 5 rings (SSSR count). The Bertz CT molecular complexity index is 1240. The number of rotatable bonds is 4. The van der Waals surface area contributed by atoms with Crippen LogP contribution in [-0.2, 0) is 0 Å².